The molecule has 0 N–H and O–H groups in total. The first-order chi connectivity index (χ1) is 4.36. The molecule has 0 aliphatic rings. The summed E-state index contributed by atoms with van der Waals surface area (Å²) in [5.41, 5.74) is 0. The van der Waals surface area contributed by atoms with Crippen LogP contribution in [-0.2, 0) is 0 Å². The quantitative estimate of drug-likeness (QED) is 0.536. The van der Waals surface area contributed by atoms with E-state index < -0.39 is 0 Å². The minimum Gasteiger partial charge on any atom is -0.433 e. The highest BCUT2D eigenvalue weighted by Gasteiger charge is 1.99. The maximum Gasteiger partial charge on any atom is 0.297 e. The molecule has 2 nitrogen and oxygen atoms in total. The van der Waals surface area contributed by atoms with Gasteiger partial charge in [-0.3, -0.25) is 0 Å². The van der Waals surface area contributed by atoms with Gasteiger partial charge in [0.2, 0.25) is 0 Å². The fraction of sp³-hybridized carbons (Fsp3) is 0.143. The zero-order valence-electron chi connectivity index (χ0n) is 5.05. The van der Waals surface area contributed by atoms with Crippen molar-refractivity contribution in [1.82, 2.24) is 0 Å². The van der Waals surface area contributed by atoms with E-state index in [1.54, 1.807) is 6.26 Å². The van der Waals surface area contributed by atoms with Crippen molar-refractivity contribution in [3.63, 3.8) is 0 Å². The van der Waals surface area contributed by atoms with Crippen LogP contribution in [0.15, 0.2) is 27.2 Å². The van der Waals surface area contributed by atoms with Crippen LogP contribution in [0.4, 0.5) is 0 Å². The Morgan fingerprint density at radius 1 is 1.44 bits per heavy atom. The van der Waals surface area contributed by atoms with E-state index in [9.17, 15) is 0 Å². The van der Waals surface area contributed by atoms with Crippen molar-refractivity contribution in [1.29, 1.82) is 0 Å². The van der Waals surface area contributed by atoms with E-state index >= 15 is 0 Å². The lowest BCUT2D eigenvalue weighted by molar-refractivity contribution is 0.462. The van der Waals surface area contributed by atoms with E-state index in [4.69, 9.17) is 8.83 Å². The maximum absolute atomic E-state index is 5.14. The zero-order valence-corrected chi connectivity index (χ0v) is 5.05. The number of hydrogen-bond acceptors (Lipinski definition) is 2. The molecule has 0 saturated heterocycles. The van der Waals surface area contributed by atoms with Crippen LogP contribution in [0.3, 0.4) is 0 Å². The summed E-state index contributed by atoms with van der Waals surface area (Å²) in [5, 5.41) is 1.03. The largest absolute Gasteiger partial charge is 0.433 e. The third-order valence-corrected chi connectivity index (χ3v) is 1.27. The molecule has 0 aromatic carbocycles. The van der Waals surface area contributed by atoms with Crippen LogP contribution >= 0.6 is 0 Å². The molecule has 2 rings (SSSR count). The second kappa shape index (κ2) is 1.41. The third kappa shape index (κ3) is 0.560. The minimum atomic E-state index is 0.618. The van der Waals surface area contributed by atoms with Gasteiger partial charge < -0.3 is 8.83 Å². The summed E-state index contributed by atoms with van der Waals surface area (Å²) in [5.74, 6) is 1.51. The molecule has 0 radical (unpaired) electrons. The molecule has 0 spiro atoms. The van der Waals surface area contributed by atoms with Gasteiger partial charge in [0.25, 0.3) is 5.78 Å². The van der Waals surface area contributed by atoms with Gasteiger partial charge in [0.15, 0.2) is 0 Å². The Morgan fingerprint density at radius 2 is 2.33 bits per heavy atom. The Bertz CT molecular complexity index is 288. The number of fused-ring (bicyclic) bond motifs is 1. The molecular formula is C7H6O2. The van der Waals surface area contributed by atoms with Crippen molar-refractivity contribution >= 4 is 11.2 Å². The number of hydrogen-bond donors (Lipinski definition) is 0. The van der Waals surface area contributed by atoms with Crippen LogP contribution in [0.5, 0.6) is 0 Å². The summed E-state index contributed by atoms with van der Waals surface area (Å²) in [6.45, 7) is 1.90. The summed E-state index contributed by atoms with van der Waals surface area (Å²) >= 11 is 0. The third-order valence-electron chi connectivity index (χ3n) is 1.27. The van der Waals surface area contributed by atoms with E-state index in [1.807, 2.05) is 19.1 Å². The molecule has 2 heterocycles. The Balaban J connectivity index is 2.92. The standard InChI is InChI=1S/C7H6O2/c1-5-4-6-2-3-8-7(6)9-5/h2-4H,1H3. The fourth-order valence-electron chi connectivity index (χ4n) is 0.890. The van der Waals surface area contributed by atoms with Gasteiger partial charge in [-0.15, -0.1) is 0 Å². The number of rotatable bonds is 0. The molecule has 0 unspecified atom stereocenters. The maximum atomic E-state index is 5.14. The summed E-state index contributed by atoms with van der Waals surface area (Å²) < 4.78 is 10.1. The van der Waals surface area contributed by atoms with Crippen LogP contribution in [-0.4, -0.2) is 0 Å². The summed E-state index contributed by atoms with van der Waals surface area (Å²) in [6, 6.07) is 3.82. The molecule has 0 amide bonds. The monoisotopic (exact) mass is 122 g/mol. The van der Waals surface area contributed by atoms with Crippen molar-refractivity contribution in [2.45, 2.75) is 6.92 Å². The van der Waals surface area contributed by atoms with Crippen LogP contribution in [0.1, 0.15) is 5.76 Å². The van der Waals surface area contributed by atoms with E-state index in [-0.39, 0.29) is 0 Å². The molecule has 2 heteroatoms. The van der Waals surface area contributed by atoms with Crippen molar-refractivity contribution < 1.29 is 8.83 Å². The molecule has 46 valence electrons. The van der Waals surface area contributed by atoms with Gasteiger partial charge in [0, 0.05) is 0 Å². The Morgan fingerprint density at radius 3 is 3.11 bits per heavy atom. The fourth-order valence-corrected chi connectivity index (χ4v) is 0.890. The average Bonchev–Trinajstić information content (AvgIpc) is 2.22. The molecule has 0 aliphatic carbocycles. The van der Waals surface area contributed by atoms with Crippen molar-refractivity contribution in [3.05, 3.63) is 24.2 Å². The van der Waals surface area contributed by atoms with Crippen LogP contribution in [0, 0.1) is 6.92 Å². The van der Waals surface area contributed by atoms with Gasteiger partial charge in [-0.1, -0.05) is 0 Å². The van der Waals surface area contributed by atoms with Gasteiger partial charge in [-0.2, -0.15) is 0 Å². The molecule has 0 atom stereocenters. The Kier molecular flexibility index (Phi) is 0.730. The molecule has 0 bridgehead atoms. The topological polar surface area (TPSA) is 26.3 Å². The molecular weight excluding hydrogens is 116 g/mol. The van der Waals surface area contributed by atoms with Crippen molar-refractivity contribution in [3.8, 4) is 0 Å². The first-order valence-corrected chi connectivity index (χ1v) is 2.80. The molecule has 0 fully saturated rings. The lowest BCUT2D eigenvalue weighted by atomic mass is 10.4. The minimum absolute atomic E-state index is 0.618. The van der Waals surface area contributed by atoms with Crippen LogP contribution < -0.4 is 0 Å². The summed E-state index contributed by atoms with van der Waals surface area (Å²) in [4.78, 5) is 0. The van der Waals surface area contributed by atoms with E-state index in [2.05, 4.69) is 0 Å². The lowest BCUT2D eigenvalue weighted by Crippen LogP contribution is -1.51. The number of furan rings is 2. The van der Waals surface area contributed by atoms with Crippen LogP contribution in [0.2, 0.25) is 0 Å². The smallest absolute Gasteiger partial charge is 0.297 e. The SMILES string of the molecule is Cc1cc2ccoc2o1. The molecule has 0 aliphatic heterocycles. The lowest BCUT2D eigenvalue weighted by Gasteiger charge is -1.73. The van der Waals surface area contributed by atoms with Crippen LogP contribution in [0.25, 0.3) is 11.2 Å². The molecule has 0 saturated carbocycles. The highest BCUT2D eigenvalue weighted by molar-refractivity contribution is 5.72. The van der Waals surface area contributed by atoms with Crippen molar-refractivity contribution in [2.75, 3.05) is 0 Å². The number of aryl methyl sites for hydroxylation is 1. The zero-order chi connectivity index (χ0) is 6.27. The van der Waals surface area contributed by atoms with Gasteiger partial charge in [-0.25, -0.2) is 0 Å². The van der Waals surface area contributed by atoms with Gasteiger partial charge in [0.05, 0.1) is 11.6 Å². The molecule has 2 aromatic heterocycles. The van der Waals surface area contributed by atoms with E-state index in [1.165, 1.54) is 0 Å². The van der Waals surface area contributed by atoms with Gasteiger partial charge >= 0.3 is 0 Å². The molecule has 9 heavy (non-hydrogen) atoms. The second-order valence-corrected chi connectivity index (χ2v) is 2.02. The highest BCUT2D eigenvalue weighted by atomic mass is 16.5. The second-order valence-electron chi connectivity index (χ2n) is 2.02. The first kappa shape index (κ1) is 4.68. The summed E-state index contributed by atoms with van der Waals surface area (Å²) in [7, 11) is 0. The highest BCUT2D eigenvalue weighted by Crippen LogP contribution is 2.18. The normalized spacial score (nSPS) is 10.8. The first-order valence-electron chi connectivity index (χ1n) is 2.80. The van der Waals surface area contributed by atoms with E-state index in [0.29, 0.717) is 5.78 Å². The van der Waals surface area contributed by atoms with Gasteiger partial charge in [0.1, 0.15) is 5.76 Å². The Labute approximate surface area is 52.1 Å². The van der Waals surface area contributed by atoms with E-state index in [0.717, 1.165) is 11.1 Å². The summed E-state index contributed by atoms with van der Waals surface area (Å²) in [6.07, 6.45) is 1.62. The predicted molar refractivity (Wildman–Crippen MR) is 33.2 cm³/mol. The Hall–Kier alpha value is -1.18. The molecule has 2 aromatic rings. The average molecular weight is 122 g/mol. The van der Waals surface area contributed by atoms with Crippen molar-refractivity contribution in [2.24, 2.45) is 0 Å². The van der Waals surface area contributed by atoms with Gasteiger partial charge in [-0.05, 0) is 19.1 Å². The predicted octanol–water partition coefficient (Wildman–Crippen LogP) is 2.33.